The molecule has 0 bridgehead atoms. The molecular formula is C114H123Br2Cl4F3N20O5. The Morgan fingerprint density at radius 3 is 1.11 bits per heavy atom. The topological polar surface area (TPSA) is 255 Å². The number of halogens is 9. The van der Waals surface area contributed by atoms with Crippen molar-refractivity contribution in [3.05, 3.63) is 363 Å². The van der Waals surface area contributed by atoms with E-state index in [1.54, 1.807) is 112 Å². The molecule has 0 spiro atoms. The van der Waals surface area contributed by atoms with Crippen molar-refractivity contribution in [3.63, 3.8) is 0 Å². The number of benzene rings is 7. The number of carbonyl (C=O) groups is 5. The first-order valence-electron chi connectivity index (χ1n) is 50.0. The second kappa shape index (κ2) is 54.7. The van der Waals surface area contributed by atoms with Crippen LogP contribution in [-0.4, -0.2) is 146 Å². The number of nitrogens with zero attached hydrogens (tertiary/aromatic N) is 20. The maximum Gasteiger partial charge on any atom is 0.254 e. The SMILES string of the molecule is CCCN(Cc1nc2cccnc2n1CCC)C(=O)c1ccc(F)c(Cl)c1.CCCn1c(CN(CCC(C)C)C(=O)Cc2ccccc2Cl)nc2cccnc21.CCCn1c(CN(CCC(C)C)C(=O)c2cccc(Cl)c2)nc2cccnc21.CCCn1c(CN(Cc2ccc(F)cc2)C(=O)c2cc(Br)cc(Br)c2)nc2cccnc21.CCCn1c(CN(Cc2ccccc2F)C(=O)c2ccc(C)c(Cl)c2)nc2cccnc21. The van der Waals surface area contributed by atoms with Gasteiger partial charge in [0.05, 0.1) is 44.2 Å². The number of carbonyl (C=O) groups excluding carboxylic acids is 5. The summed E-state index contributed by atoms with van der Waals surface area (Å²) in [6, 6.07) is 61.1. The predicted molar refractivity (Wildman–Crippen MR) is 589 cm³/mol. The highest BCUT2D eigenvalue weighted by Crippen LogP contribution is 2.31. The lowest BCUT2D eigenvalue weighted by Gasteiger charge is -2.24. The molecule has 0 saturated heterocycles. The van der Waals surface area contributed by atoms with Crippen LogP contribution in [0.5, 0.6) is 0 Å². The molecule has 0 fully saturated rings. The third-order valence-corrected chi connectivity index (χ3v) is 26.6. The van der Waals surface area contributed by atoms with Crippen LogP contribution < -0.4 is 0 Å². The second-order valence-corrected chi connectivity index (χ2v) is 40.3. The number of hydrogen-bond acceptors (Lipinski definition) is 15. The van der Waals surface area contributed by atoms with Gasteiger partial charge in [0.15, 0.2) is 28.2 Å². The van der Waals surface area contributed by atoms with Crippen molar-refractivity contribution < 1.29 is 37.1 Å². The van der Waals surface area contributed by atoms with Crippen LogP contribution in [0.1, 0.15) is 213 Å². The zero-order valence-electron chi connectivity index (χ0n) is 85.1. The summed E-state index contributed by atoms with van der Waals surface area (Å²) >= 11 is 31.4. The molecule has 10 aromatic heterocycles. The fourth-order valence-electron chi connectivity index (χ4n) is 17.0. The van der Waals surface area contributed by atoms with Crippen molar-refractivity contribution in [2.45, 2.75) is 212 Å². The van der Waals surface area contributed by atoms with Crippen LogP contribution in [0, 0.1) is 36.2 Å². The van der Waals surface area contributed by atoms with Crippen molar-refractivity contribution >= 4 is 164 Å². The Kier molecular flexibility index (Phi) is 41.4. The number of rotatable bonds is 38. The zero-order chi connectivity index (χ0) is 106. The molecule has 7 aromatic carbocycles. The highest BCUT2D eigenvalue weighted by molar-refractivity contribution is 9.11. The van der Waals surface area contributed by atoms with Gasteiger partial charge in [-0.3, -0.25) is 24.0 Å². The van der Waals surface area contributed by atoms with E-state index in [9.17, 15) is 37.1 Å². The molecule has 17 aromatic rings. The summed E-state index contributed by atoms with van der Waals surface area (Å²) in [5.41, 5.74) is 13.3. The van der Waals surface area contributed by atoms with Crippen molar-refractivity contribution in [2.75, 3.05) is 19.6 Å². The van der Waals surface area contributed by atoms with Crippen molar-refractivity contribution in [3.8, 4) is 0 Å². The fourth-order valence-corrected chi connectivity index (χ4v) is 19.1. The molecule has 25 nitrogen and oxygen atoms in total. The summed E-state index contributed by atoms with van der Waals surface area (Å²) in [7, 11) is 0. The number of imidazole rings is 5. The zero-order valence-corrected chi connectivity index (χ0v) is 91.3. The van der Waals surface area contributed by atoms with E-state index >= 15 is 0 Å². The Morgan fingerprint density at radius 1 is 0.331 bits per heavy atom. The number of hydrogen-bond donors (Lipinski definition) is 0. The van der Waals surface area contributed by atoms with E-state index in [-0.39, 0.29) is 59.3 Å². The average Bonchev–Trinajstić information content (AvgIpc) is 1.66. The number of pyridine rings is 5. The van der Waals surface area contributed by atoms with Gasteiger partial charge in [0, 0.05) is 148 Å². The summed E-state index contributed by atoms with van der Waals surface area (Å²) in [4.78, 5) is 121. The quantitative estimate of drug-likeness (QED) is 0.0349. The Morgan fingerprint density at radius 2 is 0.703 bits per heavy atom. The first kappa shape index (κ1) is 112. The van der Waals surface area contributed by atoms with E-state index in [0.29, 0.717) is 119 Å². The van der Waals surface area contributed by atoms with Crippen LogP contribution in [0.25, 0.3) is 55.8 Å². The number of aromatic nitrogens is 15. The van der Waals surface area contributed by atoms with Crippen LogP contribution in [0.2, 0.25) is 20.1 Å². The predicted octanol–water partition coefficient (Wildman–Crippen LogP) is 27.1. The largest absolute Gasteiger partial charge is 0.335 e. The van der Waals surface area contributed by atoms with Crippen LogP contribution in [0.4, 0.5) is 13.2 Å². The van der Waals surface area contributed by atoms with Gasteiger partial charge in [-0.2, -0.15) is 0 Å². The lowest BCUT2D eigenvalue weighted by molar-refractivity contribution is -0.131. The first-order valence-corrected chi connectivity index (χ1v) is 53.1. The van der Waals surface area contributed by atoms with E-state index in [2.05, 4.69) is 142 Å². The van der Waals surface area contributed by atoms with Crippen molar-refractivity contribution in [2.24, 2.45) is 11.8 Å². The summed E-state index contributed by atoms with van der Waals surface area (Å²) < 4.78 is 53.3. The molecular weight excluding hydrogens is 2090 g/mol. The molecule has 5 amide bonds. The molecule has 0 aliphatic heterocycles. The Labute approximate surface area is 898 Å². The van der Waals surface area contributed by atoms with Gasteiger partial charge >= 0.3 is 0 Å². The molecule has 0 saturated carbocycles. The minimum atomic E-state index is -0.536. The summed E-state index contributed by atoms with van der Waals surface area (Å²) in [6.45, 7) is 31.2. The molecule has 0 N–H and O–H groups in total. The summed E-state index contributed by atoms with van der Waals surface area (Å²) in [6.07, 6.45) is 16.5. The van der Waals surface area contributed by atoms with Gasteiger partial charge in [-0.05, 0) is 238 Å². The molecule has 0 atom stereocenters. The monoisotopic (exact) mass is 2210 g/mol. The van der Waals surface area contributed by atoms with E-state index in [4.69, 9.17) is 66.3 Å². The molecule has 148 heavy (non-hydrogen) atoms. The van der Waals surface area contributed by atoms with Crippen LogP contribution in [0.3, 0.4) is 0 Å². The van der Waals surface area contributed by atoms with Gasteiger partial charge in [-0.1, -0.05) is 208 Å². The van der Waals surface area contributed by atoms with Gasteiger partial charge in [0.2, 0.25) is 5.91 Å². The maximum atomic E-state index is 14.4. The van der Waals surface area contributed by atoms with Crippen molar-refractivity contribution in [1.82, 2.24) is 97.2 Å². The van der Waals surface area contributed by atoms with Crippen LogP contribution in [0.15, 0.2) is 252 Å². The number of fused-ring (bicyclic) bond motifs is 5. The van der Waals surface area contributed by atoms with Crippen molar-refractivity contribution in [1.29, 1.82) is 0 Å². The Bertz CT molecular complexity index is 7380. The van der Waals surface area contributed by atoms with Gasteiger partial charge in [-0.25, -0.2) is 63.0 Å². The molecule has 0 aliphatic rings. The number of aryl methyl sites for hydroxylation is 6. The lowest BCUT2D eigenvalue weighted by Crippen LogP contribution is -2.34. The van der Waals surface area contributed by atoms with E-state index in [1.807, 2.05) is 137 Å². The Hall–Kier alpha value is -13.1. The van der Waals surface area contributed by atoms with Gasteiger partial charge < -0.3 is 47.3 Å². The smallest absolute Gasteiger partial charge is 0.254 e. The molecule has 17 rings (SSSR count). The van der Waals surface area contributed by atoms with Gasteiger partial charge in [0.1, 0.15) is 74.2 Å². The van der Waals surface area contributed by atoms with Crippen LogP contribution >= 0.6 is 78.3 Å². The molecule has 0 radical (unpaired) electrons. The van der Waals surface area contributed by atoms with Gasteiger partial charge in [-0.15, -0.1) is 0 Å². The molecule has 0 aliphatic carbocycles. The average molecular weight is 2210 g/mol. The fraction of sp³-hybridized carbons (Fsp3) is 0.325. The third kappa shape index (κ3) is 29.9. The molecule has 10 heterocycles. The standard InChI is InChI=1S/C25H24ClFN4O.C24H21Br2FN4O.C23H29ClN4O.C22H27ClN4O.C20H22ClFN4O/c1-3-13-31-23(29-22-9-6-12-28-24(22)31)16-30(15-19-7-4-5-8-21(19)27)25(32)18-11-10-17(2)20(26)14-18;1-2-10-31-22(29-21-4-3-9-28-23(21)31)15-30(14-16-5-7-20(27)8-6-16)24(32)17-11-18(25)13-19(26)12-17;1-4-13-28-21(26-20-10-7-12-25-23(20)28)16-27(14-11-17(2)3)22(29)15-18-8-5-6-9-19(18)24;1-4-12-27-20(25-19-9-6-11-24-21(19)27)15-26(13-10-16(2)3)22(28)17-7-5-8-18(23)14-17;1-3-10-25(20(27)14-7-8-16(22)15(21)12-14)13-18-24-17-6-5-9-23-19(17)26(18)11-4-2/h4-12,14H,3,13,15-16H2,1-2H3;3-9,11-13H,2,10,14-15H2,1H3;5-10,12,17H,4,11,13-16H2,1-3H3;5-9,11,14,16H,4,10,12-13,15H2,1-3H3;5-9,12H,3-4,10-11,13H2,1-2H3. The molecule has 34 heteroatoms. The maximum absolute atomic E-state index is 14.4. The van der Waals surface area contributed by atoms with E-state index < -0.39 is 5.82 Å². The molecule has 772 valence electrons. The van der Waals surface area contributed by atoms with Gasteiger partial charge in [0.25, 0.3) is 23.6 Å². The van der Waals surface area contributed by atoms with E-state index in [0.717, 1.165) is 189 Å². The third-order valence-electron chi connectivity index (χ3n) is 24.4. The normalized spacial score (nSPS) is 11.2. The minimum absolute atomic E-state index is 0.0220. The van der Waals surface area contributed by atoms with E-state index in [1.165, 1.54) is 36.4 Å². The summed E-state index contributed by atoms with van der Waals surface area (Å²) in [5.74, 6) is 3.33. The molecule has 0 unspecified atom stereocenters. The summed E-state index contributed by atoms with van der Waals surface area (Å²) in [5, 5.41) is 1.66. The number of amides is 5. The Balaban J connectivity index is 0.000000155. The second-order valence-electron chi connectivity index (χ2n) is 36.8. The first-order chi connectivity index (χ1) is 71.4. The lowest BCUT2D eigenvalue weighted by atomic mass is 10.1. The minimum Gasteiger partial charge on any atom is -0.335 e. The van der Waals surface area contributed by atoms with Crippen LogP contribution in [-0.2, 0) is 89.8 Å². The highest BCUT2D eigenvalue weighted by Gasteiger charge is 2.29. The highest BCUT2D eigenvalue weighted by atomic mass is 79.9.